The van der Waals surface area contributed by atoms with Crippen LogP contribution in [0.25, 0.3) is 11.4 Å². The largest absolute Gasteiger partial charge is 0.503 e. The van der Waals surface area contributed by atoms with Crippen molar-refractivity contribution in [3.63, 3.8) is 0 Å². The lowest BCUT2D eigenvalue weighted by Crippen LogP contribution is -2.33. The number of carbonyl (C=O) groups is 2. The number of nitrogens with zero attached hydrogens (tertiary/aromatic N) is 3. The molecule has 1 aliphatic heterocycles. The van der Waals surface area contributed by atoms with Crippen molar-refractivity contribution in [2.24, 2.45) is 12.5 Å². The number of Topliss-reactive ketones (excluding diaryl/α,β-unsaturated/α-hetero) is 1. The van der Waals surface area contributed by atoms with Crippen LogP contribution in [0.4, 0.5) is 5.69 Å². The van der Waals surface area contributed by atoms with Crippen LogP contribution >= 0.6 is 0 Å². The number of hydrogen-bond acceptors (Lipinski definition) is 5. The van der Waals surface area contributed by atoms with Gasteiger partial charge in [0, 0.05) is 41.7 Å². The first-order chi connectivity index (χ1) is 15.6. The fraction of sp³-hybridized carbons (Fsp3) is 0.269. The molecule has 0 spiro atoms. The minimum absolute atomic E-state index is 0.0742. The highest BCUT2D eigenvalue weighted by Gasteiger charge is 2.47. The molecule has 170 valence electrons. The van der Waals surface area contributed by atoms with Crippen LogP contribution in [0.1, 0.15) is 32.4 Å². The normalized spacial score (nSPS) is 16.5. The summed E-state index contributed by atoms with van der Waals surface area (Å²) >= 11 is 0. The summed E-state index contributed by atoms with van der Waals surface area (Å²) in [6, 6.07) is 13.7. The standard InChI is InChI=1S/C26H27N3O4/c1-26(2,3)23(31)20-21(18-8-6-7-9-19(18)33-5)29(25(32)22(20)30)17-12-10-16(11-13-17)24-27-14-15-28(24)4/h6-15,21,30H,1-5H3. The second-order valence-electron chi connectivity index (χ2n) is 9.07. The third-order valence-corrected chi connectivity index (χ3v) is 5.79. The number of benzene rings is 2. The maximum absolute atomic E-state index is 13.4. The van der Waals surface area contributed by atoms with Gasteiger partial charge in [0.25, 0.3) is 5.91 Å². The zero-order chi connectivity index (χ0) is 23.9. The number of ether oxygens (including phenoxy) is 1. The van der Waals surface area contributed by atoms with Crippen LogP contribution in [-0.2, 0) is 16.6 Å². The molecule has 1 unspecified atom stereocenters. The van der Waals surface area contributed by atoms with Crippen molar-refractivity contribution < 1.29 is 19.4 Å². The number of aliphatic hydroxyl groups is 1. The topological polar surface area (TPSA) is 84.7 Å². The van der Waals surface area contributed by atoms with Crippen molar-refractivity contribution in [1.29, 1.82) is 0 Å². The number of aliphatic hydroxyl groups excluding tert-OH is 1. The number of aromatic nitrogens is 2. The molecule has 0 fully saturated rings. The summed E-state index contributed by atoms with van der Waals surface area (Å²) in [7, 11) is 3.45. The Hall–Kier alpha value is -3.87. The molecule has 0 saturated heterocycles. The zero-order valence-corrected chi connectivity index (χ0v) is 19.4. The Bertz CT molecular complexity index is 1250. The van der Waals surface area contributed by atoms with Crippen LogP contribution in [0.2, 0.25) is 0 Å². The highest BCUT2D eigenvalue weighted by atomic mass is 16.5. The van der Waals surface area contributed by atoms with Gasteiger partial charge in [-0.25, -0.2) is 4.98 Å². The number of amides is 1. The quantitative estimate of drug-likeness (QED) is 0.620. The van der Waals surface area contributed by atoms with E-state index in [4.69, 9.17) is 4.74 Å². The maximum Gasteiger partial charge on any atom is 0.294 e. The van der Waals surface area contributed by atoms with Crippen LogP contribution in [-0.4, -0.2) is 33.5 Å². The summed E-state index contributed by atoms with van der Waals surface area (Å²) in [4.78, 5) is 32.5. The summed E-state index contributed by atoms with van der Waals surface area (Å²) in [6.45, 7) is 5.30. The number of anilines is 1. The lowest BCUT2D eigenvalue weighted by atomic mass is 9.82. The van der Waals surface area contributed by atoms with Crippen molar-refractivity contribution in [2.75, 3.05) is 12.0 Å². The SMILES string of the molecule is COc1ccccc1C1C(C(=O)C(C)(C)C)=C(O)C(=O)N1c1ccc(-c2nccn2C)cc1. The maximum atomic E-state index is 13.4. The van der Waals surface area contributed by atoms with Crippen LogP contribution in [0, 0.1) is 5.41 Å². The third-order valence-electron chi connectivity index (χ3n) is 5.79. The first-order valence-corrected chi connectivity index (χ1v) is 10.7. The van der Waals surface area contributed by atoms with Crippen molar-refractivity contribution in [3.8, 4) is 17.1 Å². The number of hydrogen-bond donors (Lipinski definition) is 1. The van der Waals surface area contributed by atoms with Crippen LogP contribution < -0.4 is 9.64 Å². The van der Waals surface area contributed by atoms with E-state index in [0.29, 0.717) is 17.0 Å². The van der Waals surface area contributed by atoms with E-state index in [9.17, 15) is 14.7 Å². The summed E-state index contributed by atoms with van der Waals surface area (Å²) < 4.78 is 7.45. The van der Waals surface area contributed by atoms with Gasteiger partial charge in [-0.2, -0.15) is 0 Å². The van der Waals surface area contributed by atoms with Gasteiger partial charge < -0.3 is 14.4 Å². The number of ketones is 1. The molecule has 1 N–H and O–H groups in total. The predicted molar refractivity (Wildman–Crippen MR) is 126 cm³/mol. The minimum Gasteiger partial charge on any atom is -0.503 e. The first kappa shape index (κ1) is 22.3. The lowest BCUT2D eigenvalue weighted by molar-refractivity contribution is -0.123. The average molecular weight is 446 g/mol. The molecule has 1 aliphatic rings. The van der Waals surface area contributed by atoms with Gasteiger partial charge in [0.05, 0.1) is 18.7 Å². The summed E-state index contributed by atoms with van der Waals surface area (Å²) in [5.41, 5.74) is 1.34. The summed E-state index contributed by atoms with van der Waals surface area (Å²) in [5.74, 6) is -0.127. The van der Waals surface area contributed by atoms with Gasteiger partial charge in [0.15, 0.2) is 11.5 Å². The van der Waals surface area contributed by atoms with Gasteiger partial charge in [-0.1, -0.05) is 39.0 Å². The van der Waals surface area contributed by atoms with Gasteiger partial charge in [-0.3, -0.25) is 14.5 Å². The van der Waals surface area contributed by atoms with E-state index in [1.54, 1.807) is 51.2 Å². The molecule has 0 bridgehead atoms. The summed E-state index contributed by atoms with van der Waals surface area (Å²) in [6.07, 6.45) is 3.58. The van der Waals surface area contributed by atoms with E-state index in [1.165, 1.54) is 12.0 Å². The Labute approximate surface area is 192 Å². The smallest absolute Gasteiger partial charge is 0.294 e. The number of rotatable bonds is 5. The Morgan fingerprint density at radius 3 is 2.33 bits per heavy atom. The highest BCUT2D eigenvalue weighted by molar-refractivity contribution is 6.17. The number of carbonyl (C=O) groups excluding carboxylic acids is 2. The van der Waals surface area contributed by atoms with E-state index in [1.807, 2.05) is 42.1 Å². The zero-order valence-electron chi connectivity index (χ0n) is 19.4. The molecule has 4 rings (SSSR count). The van der Waals surface area contributed by atoms with Gasteiger partial charge >= 0.3 is 0 Å². The molecule has 3 aromatic rings. The van der Waals surface area contributed by atoms with Gasteiger partial charge in [-0.15, -0.1) is 0 Å². The molecule has 2 heterocycles. The molecule has 7 nitrogen and oxygen atoms in total. The predicted octanol–water partition coefficient (Wildman–Crippen LogP) is 4.61. The van der Waals surface area contributed by atoms with Crippen LogP contribution in [0.3, 0.4) is 0 Å². The van der Waals surface area contributed by atoms with Gasteiger partial charge in [0.2, 0.25) is 0 Å². The van der Waals surface area contributed by atoms with E-state index < -0.39 is 23.1 Å². The van der Waals surface area contributed by atoms with Crippen molar-refractivity contribution in [3.05, 3.63) is 77.8 Å². The number of methoxy groups -OCH3 is 1. The molecular weight excluding hydrogens is 418 g/mol. The Morgan fingerprint density at radius 1 is 1.09 bits per heavy atom. The Balaban J connectivity index is 1.86. The summed E-state index contributed by atoms with van der Waals surface area (Å²) in [5, 5.41) is 10.9. The Kier molecular flexibility index (Phi) is 5.57. The van der Waals surface area contributed by atoms with Gasteiger partial charge in [0.1, 0.15) is 11.6 Å². The van der Waals surface area contributed by atoms with Crippen LogP contribution in [0.5, 0.6) is 5.75 Å². The van der Waals surface area contributed by atoms with Crippen molar-refractivity contribution in [2.45, 2.75) is 26.8 Å². The third kappa shape index (κ3) is 3.80. The first-order valence-electron chi connectivity index (χ1n) is 10.7. The minimum atomic E-state index is -0.820. The van der Waals surface area contributed by atoms with E-state index in [-0.39, 0.29) is 11.4 Å². The van der Waals surface area contributed by atoms with E-state index in [2.05, 4.69) is 4.98 Å². The number of para-hydroxylation sites is 1. The second-order valence-corrected chi connectivity index (χ2v) is 9.07. The molecule has 0 saturated carbocycles. The molecule has 0 radical (unpaired) electrons. The van der Waals surface area contributed by atoms with Crippen molar-refractivity contribution in [1.82, 2.24) is 9.55 Å². The molecular formula is C26H27N3O4. The van der Waals surface area contributed by atoms with E-state index >= 15 is 0 Å². The Morgan fingerprint density at radius 2 is 1.76 bits per heavy atom. The fourth-order valence-electron chi connectivity index (χ4n) is 4.11. The lowest BCUT2D eigenvalue weighted by Gasteiger charge is -2.30. The molecule has 0 aliphatic carbocycles. The molecule has 1 amide bonds. The van der Waals surface area contributed by atoms with Crippen molar-refractivity contribution >= 4 is 17.4 Å². The molecule has 33 heavy (non-hydrogen) atoms. The molecule has 1 atom stereocenters. The monoisotopic (exact) mass is 445 g/mol. The van der Waals surface area contributed by atoms with Crippen LogP contribution in [0.15, 0.2) is 72.3 Å². The highest BCUT2D eigenvalue weighted by Crippen LogP contribution is 2.45. The fourth-order valence-corrected chi connectivity index (χ4v) is 4.11. The number of aryl methyl sites for hydroxylation is 1. The van der Waals surface area contributed by atoms with E-state index in [0.717, 1.165) is 11.4 Å². The number of imidazole rings is 1. The van der Waals surface area contributed by atoms with Gasteiger partial charge in [-0.05, 0) is 30.3 Å². The average Bonchev–Trinajstić information content (AvgIpc) is 3.33. The second kappa shape index (κ2) is 8.24. The molecule has 2 aromatic carbocycles. The molecule has 7 heteroatoms. The molecule has 1 aromatic heterocycles.